The number of rotatable bonds is 4. The summed E-state index contributed by atoms with van der Waals surface area (Å²) in [4.78, 5) is 13.1. The van der Waals surface area contributed by atoms with Gasteiger partial charge in [0.25, 0.3) is 0 Å². The molecule has 33 heavy (non-hydrogen) atoms. The first kappa shape index (κ1) is 20.7. The quantitative estimate of drug-likeness (QED) is 0.566. The minimum Gasteiger partial charge on any atom is -0.371 e. The van der Waals surface area contributed by atoms with Gasteiger partial charge in [0.05, 0.1) is 0 Å². The number of pyridine rings is 1. The van der Waals surface area contributed by atoms with E-state index in [4.69, 9.17) is 21.7 Å². The van der Waals surface area contributed by atoms with E-state index in [0.29, 0.717) is 47.2 Å². The van der Waals surface area contributed by atoms with Gasteiger partial charge in [-0.25, -0.2) is 18.4 Å². The van der Waals surface area contributed by atoms with Crippen molar-refractivity contribution in [2.75, 3.05) is 34.8 Å². The van der Waals surface area contributed by atoms with Gasteiger partial charge in [0.2, 0.25) is 11.9 Å². The third kappa shape index (κ3) is 3.78. The standard InChI is InChI=1S/C23H24ClF2N7/c24-20-11-16(6-7-27-20)31-12-14-2-3-15(13-31)21(14)28-22-29-23-32(8-1-9-33(23)30-22)17-4-5-18(25)19(26)10-17/h4-7,10-11,14-15,21H,1-3,8-9,12-13H2,(H,28,30). The number of hydrogen-bond acceptors (Lipinski definition) is 6. The van der Waals surface area contributed by atoms with Gasteiger partial charge in [-0.05, 0) is 55.4 Å². The van der Waals surface area contributed by atoms with Crippen molar-refractivity contribution >= 4 is 34.9 Å². The Morgan fingerprint density at radius 1 is 0.970 bits per heavy atom. The van der Waals surface area contributed by atoms with E-state index >= 15 is 0 Å². The molecule has 2 bridgehead atoms. The molecule has 2 aliphatic heterocycles. The van der Waals surface area contributed by atoms with E-state index in [1.807, 2.05) is 21.7 Å². The summed E-state index contributed by atoms with van der Waals surface area (Å²) in [6.07, 6.45) is 4.92. The third-order valence-electron chi connectivity index (χ3n) is 7.06. The number of piperidine rings is 1. The van der Waals surface area contributed by atoms with Crippen molar-refractivity contribution in [2.45, 2.75) is 31.8 Å². The second kappa shape index (κ2) is 8.13. The molecule has 1 N–H and O–H groups in total. The normalized spacial score (nSPS) is 24.2. The fourth-order valence-corrected chi connectivity index (χ4v) is 5.70. The van der Waals surface area contributed by atoms with Crippen LogP contribution in [-0.2, 0) is 6.54 Å². The van der Waals surface area contributed by atoms with Crippen LogP contribution in [0.3, 0.4) is 0 Å². The Morgan fingerprint density at radius 3 is 2.55 bits per heavy atom. The molecule has 2 aromatic heterocycles. The minimum atomic E-state index is -0.860. The highest BCUT2D eigenvalue weighted by Gasteiger charge is 2.43. The molecule has 1 aliphatic carbocycles. The van der Waals surface area contributed by atoms with Gasteiger partial charge >= 0.3 is 0 Å². The molecular formula is C23H24ClF2N7. The highest BCUT2D eigenvalue weighted by atomic mass is 35.5. The molecule has 2 fully saturated rings. The second-order valence-corrected chi connectivity index (χ2v) is 9.46. The van der Waals surface area contributed by atoms with Crippen LogP contribution >= 0.6 is 11.6 Å². The van der Waals surface area contributed by atoms with Gasteiger partial charge in [-0.3, -0.25) is 0 Å². The van der Waals surface area contributed by atoms with Crippen LogP contribution in [-0.4, -0.2) is 45.4 Å². The molecule has 1 saturated carbocycles. The first-order valence-corrected chi connectivity index (χ1v) is 11.7. The predicted molar refractivity (Wildman–Crippen MR) is 123 cm³/mol. The molecule has 0 amide bonds. The van der Waals surface area contributed by atoms with E-state index in [-0.39, 0.29) is 0 Å². The number of benzene rings is 1. The summed E-state index contributed by atoms with van der Waals surface area (Å²) in [6.45, 7) is 3.33. The summed E-state index contributed by atoms with van der Waals surface area (Å²) in [5.74, 6) is 0.515. The summed E-state index contributed by atoms with van der Waals surface area (Å²) in [6, 6.07) is 8.19. The molecule has 1 saturated heterocycles. The van der Waals surface area contributed by atoms with Crippen LogP contribution in [0.25, 0.3) is 0 Å². The van der Waals surface area contributed by atoms with Crippen molar-refractivity contribution in [2.24, 2.45) is 11.8 Å². The Kier molecular flexibility index (Phi) is 5.09. The lowest BCUT2D eigenvalue weighted by Gasteiger charge is -2.39. The number of anilines is 4. The Morgan fingerprint density at radius 2 is 1.79 bits per heavy atom. The minimum absolute atomic E-state index is 0.305. The molecule has 0 radical (unpaired) electrons. The molecule has 2 unspecified atom stereocenters. The van der Waals surface area contributed by atoms with Gasteiger partial charge in [-0.1, -0.05) is 11.6 Å². The summed E-state index contributed by atoms with van der Waals surface area (Å²) in [5.41, 5.74) is 1.70. The van der Waals surface area contributed by atoms with Gasteiger partial charge in [0.1, 0.15) is 5.15 Å². The van der Waals surface area contributed by atoms with Crippen LogP contribution in [0.5, 0.6) is 0 Å². The van der Waals surface area contributed by atoms with Crippen molar-refractivity contribution in [3.8, 4) is 0 Å². The predicted octanol–water partition coefficient (Wildman–Crippen LogP) is 4.47. The van der Waals surface area contributed by atoms with Gasteiger partial charge in [-0.2, -0.15) is 4.98 Å². The average molecular weight is 472 g/mol. The second-order valence-electron chi connectivity index (χ2n) is 9.07. The zero-order chi connectivity index (χ0) is 22.5. The van der Waals surface area contributed by atoms with Crippen molar-refractivity contribution in [3.63, 3.8) is 0 Å². The molecule has 10 heteroatoms. The molecule has 1 aromatic carbocycles. The Balaban J connectivity index is 1.21. The average Bonchev–Trinajstić information content (AvgIpc) is 3.31. The Labute approximate surface area is 195 Å². The number of aromatic nitrogens is 4. The molecule has 2 atom stereocenters. The zero-order valence-electron chi connectivity index (χ0n) is 18.0. The van der Waals surface area contributed by atoms with Gasteiger partial charge < -0.3 is 15.1 Å². The van der Waals surface area contributed by atoms with E-state index in [9.17, 15) is 8.78 Å². The first-order chi connectivity index (χ1) is 16.0. The van der Waals surface area contributed by atoms with Crippen LogP contribution in [0.15, 0.2) is 36.5 Å². The third-order valence-corrected chi connectivity index (χ3v) is 7.27. The SMILES string of the molecule is Fc1ccc(N2CCCn3nc(NC4C5CCC4CN(c4ccnc(Cl)c4)C5)nc32)cc1F. The topological polar surface area (TPSA) is 62.1 Å². The fourth-order valence-electron chi connectivity index (χ4n) is 5.53. The van der Waals surface area contributed by atoms with Crippen LogP contribution < -0.4 is 15.1 Å². The summed E-state index contributed by atoms with van der Waals surface area (Å²) < 4.78 is 29.1. The van der Waals surface area contributed by atoms with E-state index < -0.39 is 11.6 Å². The largest absolute Gasteiger partial charge is 0.371 e. The van der Waals surface area contributed by atoms with Crippen LogP contribution in [0.1, 0.15) is 19.3 Å². The molecule has 7 nitrogen and oxygen atoms in total. The molecule has 6 rings (SSSR count). The number of aryl methyl sites for hydroxylation is 1. The molecular weight excluding hydrogens is 448 g/mol. The first-order valence-electron chi connectivity index (χ1n) is 11.4. The molecule has 3 aromatic rings. The van der Waals surface area contributed by atoms with E-state index in [1.165, 1.54) is 6.07 Å². The van der Waals surface area contributed by atoms with Crippen LogP contribution in [0, 0.1) is 23.5 Å². The van der Waals surface area contributed by atoms with Crippen LogP contribution in [0.4, 0.5) is 32.1 Å². The maximum absolute atomic E-state index is 13.8. The Bertz CT molecular complexity index is 1170. The number of hydrogen-bond donors (Lipinski definition) is 1. The van der Waals surface area contributed by atoms with Crippen molar-refractivity contribution < 1.29 is 8.78 Å². The number of nitrogens with one attached hydrogen (secondary N) is 1. The van der Waals surface area contributed by atoms with Crippen LogP contribution in [0.2, 0.25) is 5.15 Å². The van der Waals surface area contributed by atoms with Gasteiger partial charge in [0.15, 0.2) is 11.6 Å². The molecule has 0 spiro atoms. The summed E-state index contributed by atoms with van der Waals surface area (Å²) >= 11 is 6.10. The van der Waals surface area contributed by atoms with Crippen molar-refractivity contribution in [1.82, 2.24) is 19.7 Å². The van der Waals surface area contributed by atoms with E-state index in [2.05, 4.69) is 15.2 Å². The smallest absolute Gasteiger partial charge is 0.244 e. The zero-order valence-corrected chi connectivity index (χ0v) is 18.7. The maximum atomic E-state index is 13.8. The Hall–Kier alpha value is -2.94. The fraction of sp³-hybridized carbons (Fsp3) is 0.435. The monoisotopic (exact) mass is 471 g/mol. The van der Waals surface area contributed by atoms with E-state index in [1.54, 1.807) is 12.3 Å². The number of halogens is 3. The maximum Gasteiger partial charge on any atom is 0.244 e. The molecule has 3 aliphatic rings. The lowest BCUT2D eigenvalue weighted by atomic mass is 9.92. The highest BCUT2D eigenvalue weighted by Crippen LogP contribution is 2.40. The van der Waals surface area contributed by atoms with Gasteiger partial charge in [-0.15, -0.1) is 5.10 Å². The number of nitrogens with zero attached hydrogens (tertiary/aromatic N) is 6. The molecule has 172 valence electrons. The number of fused-ring (bicyclic) bond motifs is 3. The summed E-state index contributed by atoms with van der Waals surface area (Å²) in [5, 5.41) is 8.81. The summed E-state index contributed by atoms with van der Waals surface area (Å²) in [7, 11) is 0. The lowest BCUT2D eigenvalue weighted by Crippen LogP contribution is -2.48. The van der Waals surface area contributed by atoms with Crippen molar-refractivity contribution in [3.05, 3.63) is 53.3 Å². The lowest BCUT2D eigenvalue weighted by molar-refractivity contribution is 0.376. The molecule has 4 heterocycles. The highest BCUT2D eigenvalue weighted by molar-refractivity contribution is 6.29. The van der Waals surface area contributed by atoms with Crippen molar-refractivity contribution in [1.29, 1.82) is 0 Å². The van der Waals surface area contributed by atoms with Gasteiger partial charge in [0, 0.05) is 55.9 Å². The van der Waals surface area contributed by atoms with E-state index in [0.717, 1.165) is 50.7 Å².